The van der Waals surface area contributed by atoms with Crippen molar-refractivity contribution in [1.29, 1.82) is 0 Å². The zero-order chi connectivity index (χ0) is 13.1. The number of halogens is 2. The Balaban J connectivity index is 2.15. The summed E-state index contributed by atoms with van der Waals surface area (Å²) in [5.74, 6) is -0.412. The van der Waals surface area contributed by atoms with Crippen molar-refractivity contribution in [2.45, 2.75) is 6.54 Å². The Bertz CT molecular complexity index is 563. The van der Waals surface area contributed by atoms with E-state index in [-0.39, 0.29) is 23.0 Å². The molecule has 0 aliphatic carbocycles. The summed E-state index contributed by atoms with van der Waals surface area (Å²) < 4.78 is 18.2. The maximum atomic E-state index is 13.1. The van der Waals surface area contributed by atoms with Crippen molar-refractivity contribution in [3.8, 4) is 0 Å². The largest absolute Gasteiger partial charge is 0.455 e. The van der Waals surface area contributed by atoms with Crippen molar-refractivity contribution >= 4 is 23.2 Å². The predicted molar refractivity (Wildman–Crippen MR) is 66.0 cm³/mol. The number of carbonyl (C=O) groups is 1. The quantitative estimate of drug-likeness (QED) is 0.899. The lowest BCUT2D eigenvalue weighted by molar-refractivity contribution is 0.0995. The van der Waals surface area contributed by atoms with E-state index in [1.807, 2.05) is 0 Å². The van der Waals surface area contributed by atoms with E-state index in [4.69, 9.17) is 21.8 Å². The smallest absolute Gasteiger partial charge is 0.291 e. The second kappa shape index (κ2) is 5.20. The molecule has 0 saturated carbocycles. The third-order valence-electron chi connectivity index (χ3n) is 2.21. The van der Waals surface area contributed by atoms with Gasteiger partial charge in [-0.3, -0.25) is 4.79 Å². The van der Waals surface area contributed by atoms with Gasteiger partial charge in [0, 0.05) is 10.7 Å². The number of amides is 1. The van der Waals surface area contributed by atoms with Gasteiger partial charge in [0.05, 0.1) is 6.54 Å². The lowest BCUT2D eigenvalue weighted by atomic mass is 10.3. The standard InChI is InChI=1S/C12H10ClFN2O2/c13-7-3-8(14)5-9(4-7)16-12(17)11-2-1-10(6-15)18-11/h1-5H,6,15H2,(H,16,17). The molecule has 6 heteroatoms. The molecule has 2 rings (SSSR count). The minimum atomic E-state index is -0.528. The molecule has 0 aliphatic rings. The molecule has 2 aromatic rings. The minimum Gasteiger partial charge on any atom is -0.455 e. The average Bonchev–Trinajstić information content (AvgIpc) is 2.75. The number of hydrogen-bond acceptors (Lipinski definition) is 3. The predicted octanol–water partition coefficient (Wildman–Crippen LogP) is 2.78. The molecule has 0 bridgehead atoms. The Labute approximate surface area is 108 Å². The number of nitrogens with one attached hydrogen (secondary N) is 1. The van der Waals surface area contributed by atoms with E-state index in [9.17, 15) is 9.18 Å². The molecule has 0 fully saturated rings. The molecule has 1 amide bonds. The van der Waals surface area contributed by atoms with Crippen LogP contribution in [0.4, 0.5) is 10.1 Å². The van der Waals surface area contributed by atoms with Crippen molar-refractivity contribution in [2.24, 2.45) is 5.73 Å². The summed E-state index contributed by atoms with van der Waals surface area (Å²) in [4.78, 5) is 11.8. The molecule has 94 valence electrons. The highest BCUT2D eigenvalue weighted by Gasteiger charge is 2.11. The van der Waals surface area contributed by atoms with Gasteiger partial charge in [0.2, 0.25) is 0 Å². The van der Waals surface area contributed by atoms with Crippen LogP contribution in [0.25, 0.3) is 0 Å². The van der Waals surface area contributed by atoms with E-state index < -0.39 is 11.7 Å². The second-order valence-electron chi connectivity index (χ2n) is 3.58. The molecule has 0 radical (unpaired) electrons. The first-order valence-corrected chi connectivity index (χ1v) is 5.52. The van der Waals surface area contributed by atoms with Crippen LogP contribution in [0.5, 0.6) is 0 Å². The SMILES string of the molecule is NCc1ccc(C(=O)Nc2cc(F)cc(Cl)c2)o1. The highest BCUT2D eigenvalue weighted by atomic mass is 35.5. The fourth-order valence-electron chi connectivity index (χ4n) is 1.43. The Morgan fingerprint density at radius 1 is 1.39 bits per heavy atom. The van der Waals surface area contributed by atoms with Gasteiger partial charge < -0.3 is 15.5 Å². The molecule has 18 heavy (non-hydrogen) atoms. The Hall–Kier alpha value is -1.85. The molecule has 1 aromatic carbocycles. The van der Waals surface area contributed by atoms with Crippen molar-refractivity contribution in [1.82, 2.24) is 0 Å². The van der Waals surface area contributed by atoms with Crippen LogP contribution in [0.2, 0.25) is 5.02 Å². The number of anilines is 1. The first-order chi connectivity index (χ1) is 8.58. The van der Waals surface area contributed by atoms with Crippen molar-refractivity contribution in [3.63, 3.8) is 0 Å². The third-order valence-corrected chi connectivity index (χ3v) is 2.43. The Morgan fingerprint density at radius 3 is 2.78 bits per heavy atom. The lowest BCUT2D eigenvalue weighted by Gasteiger charge is -2.04. The van der Waals surface area contributed by atoms with Crippen LogP contribution in [0.15, 0.2) is 34.7 Å². The zero-order valence-electron chi connectivity index (χ0n) is 9.24. The van der Waals surface area contributed by atoms with Gasteiger partial charge in [0.25, 0.3) is 5.91 Å². The molecule has 1 heterocycles. The molecule has 3 N–H and O–H groups in total. The lowest BCUT2D eigenvalue weighted by Crippen LogP contribution is -2.11. The first kappa shape index (κ1) is 12.6. The fraction of sp³-hybridized carbons (Fsp3) is 0.0833. The van der Waals surface area contributed by atoms with Gasteiger partial charge in [-0.25, -0.2) is 4.39 Å². The molecule has 0 saturated heterocycles. The van der Waals surface area contributed by atoms with E-state index in [0.29, 0.717) is 5.76 Å². The van der Waals surface area contributed by atoms with Crippen LogP contribution in [-0.2, 0) is 6.54 Å². The summed E-state index contributed by atoms with van der Waals surface area (Å²) in [5.41, 5.74) is 5.62. The molecular weight excluding hydrogens is 259 g/mol. The maximum absolute atomic E-state index is 13.1. The molecule has 1 aromatic heterocycles. The number of carbonyl (C=O) groups excluding carboxylic acids is 1. The van der Waals surface area contributed by atoms with Gasteiger partial charge in [0.15, 0.2) is 5.76 Å². The number of furan rings is 1. The highest BCUT2D eigenvalue weighted by molar-refractivity contribution is 6.31. The topological polar surface area (TPSA) is 68.3 Å². The van der Waals surface area contributed by atoms with E-state index in [1.165, 1.54) is 12.1 Å². The Kier molecular flexibility index (Phi) is 3.64. The Morgan fingerprint density at radius 2 is 2.17 bits per heavy atom. The minimum absolute atomic E-state index is 0.107. The van der Waals surface area contributed by atoms with Gasteiger partial charge in [-0.15, -0.1) is 0 Å². The summed E-state index contributed by atoms with van der Waals surface area (Å²) in [5, 5.41) is 2.68. The normalized spacial score (nSPS) is 10.4. The maximum Gasteiger partial charge on any atom is 0.291 e. The van der Waals surface area contributed by atoms with Crippen molar-refractivity contribution < 1.29 is 13.6 Å². The average molecular weight is 269 g/mol. The molecule has 0 unspecified atom stereocenters. The molecule has 4 nitrogen and oxygen atoms in total. The summed E-state index contributed by atoms with van der Waals surface area (Å²) in [6, 6.07) is 6.86. The van der Waals surface area contributed by atoms with Crippen molar-refractivity contribution in [3.05, 3.63) is 52.7 Å². The van der Waals surface area contributed by atoms with Crippen LogP contribution >= 0.6 is 11.6 Å². The third kappa shape index (κ3) is 2.88. The van der Waals surface area contributed by atoms with Gasteiger partial charge in [0.1, 0.15) is 11.6 Å². The first-order valence-electron chi connectivity index (χ1n) is 5.14. The van der Waals surface area contributed by atoms with Gasteiger partial charge in [-0.05, 0) is 30.3 Å². The van der Waals surface area contributed by atoms with Crippen LogP contribution in [0, 0.1) is 5.82 Å². The van der Waals surface area contributed by atoms with E-state index in [1.54, 1.807) is 6.07 Å². The summed E-state index contributed by atoms with van der Waals surface area (Å²) >= 11 is 5.67. The fourth-order valence-corrected chi connectivity index (χ4v) is 1.65. The highest BCUT2D eigenvalue weighted by Crippen LogP contribution is 2.19. The number of nitrogens with two attached hydrogens (primary N) is 1. The number of rotatable bonds is 3. The van der Waals surface area contributed by atoms with Crippen LogP contribution in [0.1, 0.15) is 16.3 Å². The molecular formula is C12H10ClFN2O2. The summed E-state index contributed by atoms with van der Waals surface area (Å²) in [6.45, 7) is 0.207. The van der Waals surface area contributed by atoms with Gasteiger partial charge in [-0.1, -0.05) is 11.6 Å². The van der Waals surface area contributed by atoms with Crippen LogP contribution < -0.4 is 11.1 Å². The van der Waals surface area contributed by atoms with Crippen LogP contribution in [0.3, 0.4) is 0 Å². The second-order valence-corrected chi connectivity index (χ2v) is 4.02. The van der Waals surface area contributed by atoms with Crippen LogP contribution in [-0.4, -0.2) is 5.91 Å². The molecule has 0 aliphatic heterocycles. The monoisotopic (exact) mass is 268 g/mol. The molecule has 0 atom stereocenters. The zero-order valence-corrected chi connectivity index (χ0v) is 10.00. The van der Waals surface area contributed by atoms with E-state index in [2.05, 4.69) is 5.32 Å². The summed E-state index contributed by atoms with van der Waals surface area (Å²) in [7, 11) is 0. The van der Waals surface area contributed by atoms with Gasteiger partial charge in [-0.2, -0.15) is 0 Å². The van der Waals surface area contributed by atoms with Gasteiger partial charge >= 0.3 is 0 Å². The van der Waals surface area contributed by atoms with Crippen molar-refractivity contribution in [2.75, 3.05) is 5.32 Å². The van der Waals surface area contributed by atoms with E-state index >= 15 is 0 Å². The van der Waals surface area contributed by atoms with E-state index in [0.717, 1.165) is 12.1 Å². The number of hydrogen-bond donors (Lipinski definition) is 2. The number of benzene rings is 1. The summed E-state index contributed by atoms with van der Waals surface area (Å²) in [6.07, 6.45) is 0. The molecule has 0 spiro atoms.